The van der Waals surface area contributed by atoms with Gasteiger partial charge in [0.1, 0.15) is 0 Å². The molecule has 0 bridgehead atoms. The van der Waals surface area contributed by atoms with E-state index < -0.39 is 5.60 Å². The van der Waals surface area contributed by atoms with Gasteiger partial charge in [0, 0.05) is 24.5 Å². The van der Waals surface area contributed by atoms with E-state index in [1.54, 1.807) is 0 Å². The molecule has 1 aliphatic rings. The third-order valence-corrected chi connectivity index (χ3v) is 3.99. The van der Waals surface area contributed by atoms with Gasteiger partial charge in [-0.2, -0.15) is 0 Å². The van der Waals surface area contributed by atoms with Crippen LogP contribution in [0.1, 0.15) is 38.2 Å². The highest BCUT2D eigenvalue weighted by molar-refractivity contribution is 6.31. The van der Waals surface area contributed by atoms with Crippen molar-refractivity contribution in [3.05, 3.63) is 34.9 Å². The number of aliphatic hydroxyl groups is 1. The summed E-state index contributed by atoms with van der Waals surface area (Å²) in [7, 11) is 0. The number of hydrogen-bond acceptors (Lipinski definition) is 2. The van der Waals surface area contributed by atoms with Crippen molar-refractivity contribution in [3.8, 4) is 0 Å². The molecule has 0 amide bonds. The van der Waals surface area contributed by atoms with E-state index in [1.807, 2.05) is 24.3 Å². The highest BCUT2D eigenvalue weighted by atomic mass is 35.5. The molecule has 1 fully saturated rings. The minimum absolute atomic E-state index is 0.191. The molecule has 1 heterocycles. The van der Waals surface area contributed by atoms with Crippen molar-refractivity contribution in [2.75, 3.05) is 6.61 Å². The lowest BCUT2D eigenvalue weighted by atomic mass is 9.83. The zero-order valence-corrected chi connectivity index (χ0v) is 11.6. The van der Waals surface area contributed by atoms with Crippen LogP contribution in [0, 0.1) is 0 Å². The second-order valence-electron chi connectivity index (χ2n) is 5.23. The molecule has 0 saturated carbocycles. The van der Waals surface area contributed by atoms with Gasteiger partial charge in [-0.05, 0) is 24.5 Å². The van der Waals surface area contributed by atoms with E-state index in [1.165, 1.54) is 0 Å². The predicted octanol–water partition coefficient (Wildman–Crippen LogP) is 3.59. The van der Waals surface area contributed by atoms with Crippen molar-refractivity contribution in [3.63, 3.8) is 0 Å². The van der Waals surface area contributed by atoms with E-state index in [0.29, 0.717) is 25.9 Å². The van der Waals surface area contributed by atoms with Gasteiger partial charge in [-0.15, -0.1) is 0 Å². The van der Waals surface area contributed by atoms with Gasteiger partial charge in [-0.3, -0.25) is 0 Å². The van der Waals surface area contributed by atoms with Crippen LogP contribution in [0.3, 0.4) is 0 Å². The van der Waals surface area contributed by atoms with Gasteiger partial charge in [0.05, 0.1) is 11.7 Å². The number of halogens is 1. The van der Waals surface area contributed by atoms with Crippen LogP contribution in [0.15, 0.2) is 24.3 Å². The normalized spacial score (nSPS) is 28.3. The van der Waals surface area contributed by atoms with E-state index in [2.05, 4.69) is 6.92 Å². The molecular weight excluding hydrogens is 248 g/mol. The van der Waals surface area contributed by atoms with Crippen molar-refractivity contribution < 1.29 is 9.84 Å². The zero-order chi connectivity index (χ0) is 13.0. The summed E-state index contributed by atoms with van der Waals surface area (Å²) in [6, 6.07) is 7.75. The fourth-order valence-electron chi connectivity index (χ4n) is 2.66. The first-order valence-electron chi connectivity index (χ1n) is 6.70. The van der Waals surface area contributed by atoms with Crippen LogP contribution in [0.4, 0.5) is 0 Å². The first-order valence-corrected chi connectivity index (χ1v) is 7.08. The van der Waals surface area contributed by atoms with Crippen LogP contribution in [-0.2, 0) is 11.2 Å². The largest absolute Gasteiger partial charge is 0.389 e. The quantitative estimate of drug-likeness (QED) is 0.904. The minimum Gasteiger partial charge on any atom is -0.389 e. The lowest BCUT2D eigenvalue weighted by Crippen LogP contribution is -2.42. The summed E-state index contributed by atoms with van der Waals surface area (Å²) >= 11 is 6.16. The van der Waals surface area contributed by atoms with Crippen LogP contribution < -0.4 is 0 Å². The molecule has 18 heavy (non-hydrogen) atoms. The van der Waals surface area contributed by atoms with Crippen molar-refractivity contribution in [2.45, 2.75) is 50.7 Å². The Hall–Kier alpha value is -0.570. The van der Waals surface area contributed by atoms with Crippen molar-refractivity contribution in [1.29, 1.82) is 0 Å². The highest BCUT2D eigenvalue weighted by Gasteiger charge is 2.35. The Labute approximate surface area is 114 Å². The van der Waals surface area contributed by atoms with Gasteiger partial charge in [-0.1, -0.05) is 43.1 Å². The molecule has 1 aliphatic heterocycles. The highest BCUT2D eigenvalue weighted by Crippen LogP contribution is 2.32. The summed E-state index contributed by atoms with van der Waals surface area (Å²) in [5.74, 6) is 0. The zero-order valence-electron chi connectivity index (χ0n) is 10.9. The minimum atomic E-state index is -0.664. The Morgan fingerprint density at radius 3 is 2.94 bits per heavy atom. The second-order valence-corrected chi connectivity index (χ2v) is 5.64. The SMILES string of the molecule is CCCC1CC(O)(Cc2ccccc2Cl)CCO1. The summed E-state index contributed by atoms with van der Waals surface area (Å²) < 4.78 is 5.69. The lowest BCUT2D eigenvalue weighted by Gasteiger charge is -2.37. The van der Waals surface area contributed by atoms with Crippen molar-refractivity contribution >= 4 is 11.6 Å². The average Bonchev–Trinajstić information content (AvgIpc) is 2.32. The van der Waals surface area contributed by atoms with Crippen LogP contribution in [0.25, 0.3) is 0 Å². The van der Waals surface area contributed by atoms with Crippen LogP contribution >= 0.6 is 11.6 Å². The molecular formula is C15H21ClO2. The third kappa shape index (κ3) is 3.47. The molecule has 3 heteroatoms. The van der Waals surface area contributed by atoms with E-state index in [9.17, 15) is 5.11 Å². The van der Waals surface area contributed by atoms with Gasteiger partial charge >= 0.3 is 0 Å². The summed E-state index contributed by atoms with van der Waals surface area (Å²) in [4.78, 5) is 0. The number of benzene rings is 1. The predicted molar refractivity (Wildman–Crippen MR) is 74.0 cm³/mol. The maximum atomic E-state index is 10.7. The first-order chi connectivity index (χ1) is 8.63. The van der Waals surface area contributed by atoms with Gasteiger partial charge in [0.25, 0.3) is 0 Å². The second kappa shape index (κ2) is 6.05. The Morgan fingerprint density at radius 1 is 1.44 bits per heavy atom. The fraction of sp³-hybridized carbons (Fsp3) is 0.600. The van der Waals surface area contributed by atoms with Gasteiger partial charge < -0.3 is 9.84 Å². The molecule has 100 valence electrons. The Balaban J connectivity index is 2.05. The average molecular weight is 269 g/mol. The monoisotopic (exact) mass is 268 g/mol. The molecule has 0 aromatic heterocycles. The molecule has 0 aliphatic carbocycles. The van der Waals surface area contributed by atoms with Crippen molar-refractivity contribution in [1.82, 2.24) is 0 Å². The molecule has 1 N–H and O–H groups in total. The fourth-order valence-corrected chi connectivity index (χ4v) is 2.87. The molecule has 1 aromatic rings. The van der Waals surface area contributed by atoms with Crippen LogP contribution in [-0.4, -0.2) is 23.4 Å². The van der Waals surface area contributed by atoms with E-state index >= 15 is 0 Å². The molecule has 0 radical (unpaired) electrons. The molecule has 1 aromatic carbocycles. The van der Waals surface area contributed by atoms with E-state index in [4.69, 9.17) is 16.3 Å². The standard InChI is InChI=1S/C15H21ClO2/c1-2-5-13-11-15(17,8-9-18-13)10-12-6-3-4-7-14(12)16/h3-4,6-7,13,17H,2,5,8-11H2,1H3. The molecule has 2 atom stereocenters. The van der Waals surface area contributed by atoms with E-state index in [-0.39, 0.29) is 6.10 Å². The number of rotatable bonds is 4. The third-order valence-electron chi connectivity index (χ3n) is 3.62. The van der Waals surface area contributed by atoms with Crippen molar-refractivity contribution in [2.24, 2.45) is 0 Å². The van der Waals surface area contributed by atoms with Gasteiger partial charge in [-0.25, -0.2) is 0 Å². The number of ether oxygens (including phenoxy) is 1. The van der Waals surface area contributed by atoms with Crippen LogP contribution in [0.2, 0.25) is 5.02 Å². The summed E-state index contributed by atoms with van der Waals surface area (Å²) in [6.45, 7) is 2.79. The lowest BCUT2D eigenvalue weighted by molar-refractivity contribution is -0.104. The van der Waals surface area contributed by atoms with E-state index in [0.717, 1.165) is 23.4 Å². The molecule has 2 unspecified atom stereocenters. The topological polar surface area (TPSA) is 29.5 Å². The smallest absolute Gasteiger partial charge is 0.0735 e. The summed E-state index contributed by atoms with van der Waals surface area (Å²) in [5, 5.41) is 11.4. The van der Waals surface area contributed by atoms with Gasteiger partial charge in [0.2, 0.25) is 0 Å². The maximum Gasteiger partial charge on any atom is 0.0735 e. The molecule has 1 saturated heterocycles. The molecule has 2 nitrogen and oxygen atoms in total. The van der Waals surface area contributed by atoms with Crippen LogP contribution in [0.5, 0.6) is 0 Å². The Morgan fingerprint density at radius 2 is 2.22 bits per heavy atom. The maximum absolute atomic E-state index is 10.7. The number of hydrogen-bond donors (Lipinski definition) is 1. The summed E-state index contributed by atoms with van der Waals surface area (Å²) in [5.41, 5.74) is 0.363. The van der Waals surface area contributed by atoms with Gasteiger partial charge in [0.15, 0.2) is 0 Å². The summed E-state index contributed by atoms with van der Waals surface area (Å²) in [6.07, 6.45) is 4.33. The molecule has 0 spiro atoms. The Kier molecular flexibility index (Phi) is 4.66. The Bertz CT molecular complexity index is 392. The molecule has 2 rings (SSSR count). The first kappa shape index (κ1) is 13.9.